The maximum Gasteiger partial charge on any atom is 0.338 e. The quantitative estimate of drug-likeness (QED) is 0.431. The summed E-state index contributed by atoms with van der Waals surface area (Å²) in [7, 11) is 0. The van der Waals surface area contributed by atoms with Crippen LogP contribution >= 0.6 is 11.8 Å². The third-order valence-corrected chi connectivity index (χ3v) is 4.34. The Kier molecular flexibility index (Phi) is 5.75. The summed E-state index contributed by atoms with van der Waals surface area (Å²) >= 11 is 1.68. The van der Waals surface area contributed by atoms with Gasteiger partial charge in [-0.25, -0.2) is 4.79 Å². The number of carbonyl (C=O) groups excluding carboxylic acids is 1. The summed E-state index contributed by atoms with van der Waals surface area (Å²) < 4.78 is 11.1. The monoisotopic (exact) mass is 350 g/mol. The molecule has 0 saturated heterocycles. The first-order valence-electron chi connectivity index (χ1n) is 7.87. The predicted octanol–water partition coefficient (Wildman–Crippen LogP) is 5.56. The van der Waals surface area contributed by atoms with Gasteiger partial charge in [0.1, 0.15) is 18.1 Å². The van der Waals surface area contributed by atoms with Crippen LogP contribution in [0.4, 0.5) is 0 Å². The molecule has 3 nitrogen and oxygen atoms in total. The van der Waals surface area contributed by atoms with Gasteiger partial charge in [-0.3, -0.25) is 0 Å². The lowest BCUT2D eigenvalue weighted by Gasteiger charge is -2.08. The smallest absolute Gasteiger partial charge is 0.338 e. The average Bonchev–Trinajstić information content (AvgIpc) is 2.68. The summed E-state index contributed by atoms with van der Waals surface area (Å²) in [5.74, 6) is 1.09. The van der Waals surface area contributed by atoms with Gasteiger partial charge in [-0.05, 0) is 60.4 Å². The molecule has 0 unspecified atom stereocenters. The van der Waals surface area contributed by atoms with Gasteiger partial charge in [0.25, 0.3) is 0 Å². The van der Waals surface area contributed by atoms with E-state index in [-0.39, 0.29) is 12.6 Å². The molecule has 0 N–H and O–H groups in total. The molecular weight excluding hydrogens is 332 g/mol. The van der Waals surface area contributed by atoms with Crippen LogP contribution in [0.5, 0.6) is 11.5 Å². The van der Waals surface area contributed by atoms with Gasteiger partial charge in [-0.1, -0.05) is 30.3 Å². The molecule has 0 bridgehead atoms. The van der Waals surface area contributed by atoms with Crippen molar-refractivity contribution in [3.05, 3.63) is 90.0 Å². The van der Waals surface area contributed by atoms with Crippen LogP contribution in [0.1, 0.15) is 15.9 Å². The van der Waals surface area contributed by atoms with E-state index in [0.717, 1.165) is 11.3 Å². The van der Waals surface area contributed by atoms with E-state index in [1.54, 1.807) is 36.0 Å². The van der Waals surface area contributed by atoms with Gasteiger partial charge in [0.2, 0.25) is 0 Å². The molecule has 126 valence electrons. The summed E-state index contributed by atoms with van der Waals surface area (Å²) in [5, 5.41) is 0. The lowest BCUT2D eigenvalue weighted by Crippen LogP contribution is -2.05. The van der Waals surface area contributed by atoms with Gasteiger partial charge in [0.05, 0.1) is 5.56 Å². The molecule has 0 radical (unpaired) electrons. The summed E-state index contributed by atoms with van der Waals surface area (Å²) in [6.07, 6.45) is 2.03. The molecule has 0 atom stereocenters. The number of benzene rings is 3. The highest BCUT2D eigenvalue weighted by Gasteiger charge is 2.08. The van der Waals surface area contributed by atoms with Crippen LogP contribution in [0.2, 0.25) is 0 Å². The SMILES string of the molecule is CSc1ccc(COC(=O)c2ccc(Oc3ccccc3)cc2)cc1. The molecule has 0 saturated carbocycles. The van der Waals surface area contributed by atoms with Gasteiger partial charge in [0, 0.05) is 4.90 Å². The molecule has 0 fully saturated rings. The van der Waals surface area contributed by atoms with Crippen LogP contribution in [0.25, 0.3) is 0 Å². The van der Waals surface area contributed by atoms with E-state index in [2.05, 4.69) is 0 Å². The van der Waals surface area contributed by atoms with Gasteiger partial charge in [-0.2, -0.15) is 0 Å². The van der Waals surface area contributed by atoms with Gasteiger partial charge >= 0.3 is 5.97 Å². The second kappa shape index (κ2) is 8.40. The topological polar surface area (TPSA) is 35.5 Å². The fourth-order valence-corrected chi connectivity index (χ4v) is 2.65. The van der Waals surface area contributed by atoms with E-state index in [1.165, 1.54) is 4.90 Å². The largest absolute Gasteiger partial charge is 0.457 e. The van der Waals surface area contributed by atoms with Crippen LogP contribution in [0.3, 0.4) is 0 Å². The van der Waals surface area contributed by atoms with E-state index >= 15 is 0 Å². The molecule has 0 amide bonds. The van der Waals surface area contributed by atoms with Crippen LogP contribution in [0.15, 0.2) is 83.8 Å². The van der Waals surface area contributed by atoms with Crippen molar-refractivity contribution in [2.45, 2.75) is 11.5 Å². The predicted molar refractivity (Wildman–Crippen MR) is 100 cm³/mol. The van der Waals surface area contributed by atoms with E-state index < -0.39 is 0 Å². The van der Waals surface area contributed by atoms with Crippen molar-refractivity contribution in [3.63, 3.8) is 0 Å². The lowest BCUT2D eigenvalue weighted by molar-refractivity contribution is 0.0472. The van der Waals surface area contributed by atoms with Gasteiger partial charge < -0.3 is 9.47 Å². The average molecular weight is 350 g/mol. The number of rotatable bonds is 6. The highest BCUT2D eigenvalue weighted by atomic mass is 32.2. The first-order chi connectivity index (χ1) is 12.2. The van der Waals surface area contributed by atoms with Gasteiger partial charge in [0.15, 0.2) is 0 Å². The first kappa shape index (κ1) is 17.1. The Hall–Kier alpha value is -2.72. The molecule has 0 aliphatic rings. The zero-order chi connectivity index (χ0) is 17.5. The van der Waals surface area contributed by atoms with Crippen molar-refractivity contribution < 1.29 is 14.3 Å². The molecule has 0 heterocycles. The van der Waals surface area contributed by atoms with Crippen LogP contribution in [0, 0.1) is 0 Å². The van der Waals surface area contributed by atoms with Crippen molar-refractivity contribution in [2.75, 3.05) is 6.26 Å². The Morgan fingerprint density at radius 1 is 0.840 bits per heavy atom. The fraction of sp³-hybridized carbons (Fsp3) is 0.0952. The second-order valence-corrected chi connectivity index (χ2v) is 6.24. The molecular formula is C21H18O3S. The molecule has 0 aliphatic heterocycles. The Labute approximate surface area is 151 Å². The standard InChI is InChI=1S/C21H18O3S/c1-25-20-13-7-16(8-14-20)15-23-21(22)17-9-11-19(12-10-17)24-18-5-3-2-4-6-18/h2-14H,15H2,1H3. The molecule has 0 aliphatic carbocycles. The zero-order valence-corrected chi connectivity index (χ0v) is 14.7. The number of esters is 1. The second-order valence-electron chi connectivity index (χ2n) is 5.36. The molecule has 0 spiro atoms. The van der Waals surface area contributed by atoms with Crippen molar-refractivity contribution in [1.29, 1.82) is 0 Å². The number of carbonyl (C=O) groups is 1. The van der Waals surface area contributed by atoms with Crippen LogP contribution in [-0.4, -0.2) is 12.2 Å². The highest BCUT2D eigenvalue weighted by molar-refractivity contribution is 7.98. The molecule has 25 heavy (non-hydrogen) atoms. The molecule has 3 aromatic rings. The first-order valence-corrected chi connectivity index (χ1v) is 9.10. The van der Waals surface area contributed by atoms with E-state index in [4.69, 9.17) is 9.47 Å². The number of thioether (sulfide) groups is 1. The maximum atomic E-state index is 12.1. The summed E-state index contributed by atoms with van der Waals surface area (Å²) in [4.78, 5) is 13.3. The number of ether oxygens (including phenoxy) is 2. The van der Waals surface area contributed by atoms with Gasteiger partial charge in [-0.15, -0.1) is 11.8 Å². The van der Waals surface area contributed by atoms with E-state index in [1.807, 2.05) is 60.9 Å². The zero-order valence-electron chi connectivity index (χ0n) is 13.8. The third-order valence-electron chi connectivity index (χ3n) is 3.60. The Morgan fingerprint density at radius 2 is 1.48 bits per heavy atom. The van der Waals surface area contributed by atoms with Crippen molar-refractivity contribution >= 4 is 17.7 Å². The molecule has 0 aromatic heterocycles. The van der Waals surface area contributed by atoms with E-state index in [9.17, 15) is 4.79 Å². The van der Waals surface area contributed by atoms with Crippen LogP contribution in [-0.2, 0) is 11.3 Å². The van der Waals surface area contributed by atoms with Crippen molar-refractivity contribution in [1.82, 2.24) is 0 Å². The number of hydrogen-bond acceptors (Lipinski definition) is 4. The van der Waals surface area contributed by atoms with Crippen molar-refractivity contribution in [3.8, 4) is 11.5 Å². The fourth-order valence-electron chi connectivity index (χ4n) is 2.24. The Bertz CT molecular complexity index is 812. The maximum absolute atomic E-state index is 12.1. The number of hydrogen-bond donors (Lipinski definition) is 0. The minimum atomic E-state index is -0.347. The molecule has 4 heteroatoms. The summed E-state index contributed by atoms with van der Waals surface area (Å²) in [5.41, 5.74) is 1.47. The molecule has 3 rings (SSSR count). The Balaban J connectivity index is 1.56. The van der Waals surface area contributed by atoms with Crippen LogP contribution < -0.4 is 4.74 Å². The van der Waals surface area contributed by atoms with Crippen molar-refractivity contribution in [2.24, 2.45) is 0 Å². The minimum absolute atomic E-state index is 0.260. The normalized spacial score (nSPS) is 10.3. The third kappa shape index (κ3) is 4.88. The molecule has 3 aromatic carbocycles. The summed E-state index contributed by atoms with van der Waals surface area (Å²) in [6.45, 7) is 0.260. The highest BCUT2D eigenvalue weighted by Crippen LogP contribution is 2.21. The lowest BCUT2D eigenvalue weighted by atomic mass is 10.2. The van der Waals surface area contributed by atoms with E-state index in [0.29, 0.717) is 11.3 Å². The minimum Gasteiger partial charge on any atom is -0.457 e. The Morgan fingerprint density at radius 3 is 2.12 bits per heavy atom. The number of para-hydroxylation sites is 1. The summed E-state index contributed by atoms with van der Waals surface area (Å²) in [6, 6.07) is 24.4.